The van der Waals surface area contributed by atoms with Crippen LogP contribution in [0.25, 0.3) is 10.2 Å². The first-order valence-corrected chi connectivity index (χ1v) is 10.6. The number of carbonyl (C=O) groups is 1. The molecule has 0 spiro atoms. The second-order valence-corrected chi connectivity index (χ2v) is 8.49. The van der Waals surface area contributed by atoms with Crippen molar-refractivity contribution in [1.82, 2.24) is 14.9 Å². The van der Waals surface area contributed by atoms with Crippen LogP contribution in [0.5, 0.6) is 0 Å². The number of rotatable bonds is 4. The predicted octanol–water partition coefficient (Wildman–Crippen LogP) is 4.20. The highest BCUT2D eigenvalue weighted by Crippen LogP contribution is 2.39. The van der Waals surface area contributed by atoms with Crippen LogP contribution in [0.2, 0.25) is 0 Å². The number of thiophene rings is 1. The lowest BCUT2D eigenvalue weighted by Gasteiger charge is -2.24. The first kappa shape index (κ1) is 16.8. The summed E-state index contributed by atoms with van der Waals surface area (Å²) in [4.78, 5) is 23.9. The van der Waals surface area contributed by atoms with Gasteiger partial charge in [0.2, 0.25) is 5.91 Å². The summed E-state index contributed by atoms with van der Waals surface area (Å²) in [5.74, 6) is 0.846. The average molecular weight is 392 g/mol. The molecular formula is C17H14FN3OS3. The Balaban J connectivity index is 1.49. The van der Waals surface area contributed by atoms with Crippen molar-refractivity contribution in [3.63, 3.8) is 0 Å². The molecule has 1 fully saturated rings. The third kappa shape index (κ3) is 3.38. The standard InChI is InChI=1S/C17H14FN3OS3/c18-13-4-2-1-3-11(13)17-21(6-8-24-17)14(22)9-25-16-12-5-7-23-15(12)19-10-20-16/h1-5,7,10,17H,6,8-9H2. The molecule has 1 aliphatic heterocycles. The first-order chi connectivity index (χ1) is 12.2. The van der Waals surface area contributed by atoms with Gasteiger partial charge in [-0.25, -0.2) is 14.4 Å². The molecule has 1 unspecified atom stereocenters. The fraction of sp³-hybridized carbons (Fsp3) is 0.235. The second kappa shape index (κ2) is 7.31. The molecule has 8 heteroatoms. The number of nitrogens with zero attached hydrogens (tertiary/aromatic N) is 3. The summed E-state index contributed by atoms with van der Waals surface area (Å²) in [6.07, 6.45) is 1.53. The molecule has 1 saturated heterocycles. The predicted molar refractivity (Wildman–Crippen MR) is 101 cm³/mol. The van der Waals surface area contributed by atoms with Gasteiger partial charge in [0.25, 0.3) is 0 Å². The van der Waals surface area contributed by atoms with Gasteiger partial charge in [0.1, 0.15) is 27.4 Å². The monoisotopic (exact) mass is 391 g/mol. The molecule has 0 aliphatic carbocycles. The van der Waals surface area contributed by atoms with Crippen LogP contribution in [0, 0.1) is 5.82 Å². The minimum absolute atomic E-state index is 0.00486. The van der Waals surface area contributed by atoms with Crippen LogP contribution < -0.4 is 0 Å². The van der Waals surface area contributed by atoms with Crippen LogP contribution >= 0.6 is 34.9 Å². The Morgan fingerprint density at radius 2 is 2.20 bits per heavy atom. The van der Waals surface area contributed by atoms with E-state index in [0.717, 1.165) is 21.0 Å². The van der Waals surface area contributed by atoms with Crippen LogP contribution in [0.3, 0.4) is 0 Å². The van der Waals surface area contributed by atoms with Gasteiger partial charge in [-0.3, -0.25) is 4.79 Å². The van der Waals surface area contributed by atoms with Crippen LogP contribution in [0.1, 0.15) is 10.9 Å². The van der Waals surface area contributed by atoms with Crippen molar-refractivity contribution in [2.24, 2.45) is 0 Å². The summed E-state index contributed by atoms with van der Waals surface area (Å²) in [6, 6.07) is 8.65. The van der Waals surface area contributed by atoms with Crippen molar-refractivity contribution in [3.8, 4) is 0 Å². The summed E-state index contributed by atoms with van der Waals surface area (Å²) in [5.41, 5.74) is 0.575. The van der Waals surface area contributed by atoms with E-state index in [2.05, 4.69) is 9.97 Å². The summed E-state index contributed by atoms with van der Waals surface area (Å²) in [7, 11) is 0. The number of halogens is 1. The highest BCUT2D eigenvalue weighted by atomic mass is 32.2. The van der Waals surface area contributed by atoms with Crippen LogP contribution in [-0.4, -0.2) is 38.8 Å². The van der Waals surface area contributed by atoms with E-state index in [1.165, 1.54) is 24.2 Å². The van der Waals surface area contributed by atoms with E-state index >= 15 is 0 Å². The van der Waals surface area contributed by atoms with Gasteiger partial charge in [-0.1, -0.05) is 30.0 Å². The number of fused-ring (bicyclic) bond motifs is 1. The highest BCUT2D eigenvalue weighted by Gasteiger charge is 2.32. The topological polar surface area (TPSA) is 46.1 Å². The number of aromatic nitrogens is 2. The van der Waals surface area contributed by atoms with Crippen LogP contribution in [-0.2, 0) is 4.79 Å². The Morgan fingerprint density at radius 1 is 1.32 bits per heavy atom. The van der Waals surface area contributed by atoms with Gasteiger partial charge in [0, 0.05) is 23.2 Å². The van der Waals surface area contributed by atoms with E-state index in [1.807, 2.05) is 17.5 Å². The van der Waals surface area contributed by atoms with E-state index in [-0.39, 0.29) is 22.9 Å². The Hall–Kier alpha value is -1.64. The normalized spacial score (nSPS) is 17.3. The van der Waals surface area contributed by atoms with Crippen molar-refractivity contribution in [3.05, 3.63) is 53.4 Å². The van der Waals surface area contributed by atoms with Crippen molar-refractivity contribution >= 4 is 51.0 Å². The molecule has 1 atom stereocenters. The maximum Gasteiger partial charge on any atom is 0.234 e. The number of benzene rings is 1. The second-order valence-electron chi connectivity index (χ2n) is 5.44. The SMILES string of the molecule is O=C(CSc1ncnc2sccc12)N1CCSC1c1ccccc1F. The van der Waals surface area contributed by atoms with Crippen molar-refractivity contribution in [2.75, 3.05) is 18.1 Å². The van der Waals surface area contributed by atoms with E-state index in [9.17, 15) is 9.18 Å². The molecule has 2 aromatic heterocycles. The van der Waals surface area contributed by atoms with Crippen molar-refractivity contribution in [1.29, 1.82) is 0 Å². The molecule has 4 rings (SSSR count). The Morgan fingerprint density at radius 3 is 3.08 bits per heavy atom. The molecule has 0 radical (unpaired) electrons. The van der Waals surface area contributed by atoms with Gasteiger partial charge in [-0.05, 0) is 17.5 Å². The van der Waals surface area contributed by atoms with Crippen molar-refractivity contribution in [2.45, 2.75) is 10.4 Å². The zero-order chi connectivity index (χ0) is 17.2. The smallest absolute Gasteiger partial charge is 0.234 e. The van der Waals surface area contributed by atoms with Gasteiger partial charge in [-0.2, -0.15) is 0 Å². The van der Waals surface area contributed by atoms with E-state index in [1.54, 1.807) is 40.1 Å². The molecular weight excluding hydrogens is 377 g/mol. The Kier molecular flexibility index (Phi) is 4.91. The molecule has 25 heavy (non-hydrogen) atoms. The van der Waals surface area contributed by atoms with Crippen LogP contribution in [0.15, 0.2) is 47.1 Å². The van der Waals surface area contributed by atoms with Gasteiger partial charge in [-0.15, -0.1) is 23.1 Å². The van der Waals surface area contributed by atoms with Crippen LogP contribution in [0.4, 0.5) is 4.39 Å². The Labute approximate surface area is 156 Å². The minimum Gasteiger partial charge on any atom is -0.325 e. The van der Waals surface area contributed by atoms with E-state index in [4.69, 9.17) is 0 Å². The first-order valence-electron chi connectivity index (χ1n) is 7.70. The molecule has 3 aromatic rings. The molecule has 0 bridgehead atoms. The summed E-state index contributed by atoms with van der Waals surface area (Å²) < 4.78 is 14.1. The lowest BCUT2D eigenvalue weighted by atomic mass is 10.2. The zero-order valence-corrected chi connectivity index (χ0v) is 15.5. The molecule has 3 heterocycles. The molecule has 4 nitrogen and oxygen atoms in total. The molecule has 1 amide bonds. The minimum atomic E-state index is -0.261. The number of carbonyl (C=O) groups excluding carboxylic acids is 1. The third-order valence-electron chi connectivity index (χ3n) is 3.94. The summed E-state index contributed by atoms with van der Waals surface area (Å²) in [6.45, 7) is 0.640. The third-order valence-corrected chi connectivity index (χ3v) is 6.99. The Bertz CT molecular complexity index is 917. The lowest BCUT2D eigenvalue weighted by Crippen LogP contribution is -2.32. The fourth-order valence-corrected chi connectivity index (χ4v) is 5.72. The average Bonchev–Trinajstić information content (AvgIpc) is 3.29. The van der Waals surface area contributed by atoms with Gasteiger partial charge in [0.15, 0.2) is 0 Å². The summed E-state index contributed by atoms with van der Waals surface area (Å²) >= 11 is 4.57. The highest BCUT2D eigenvalue weighted by molar-refractivity contribution is 8.00. The molecule has 1 aromatic carbocycles. The molecule has 128 valence electrons. The van der Waals surface area contributed by atoms with Crippen molar-refractivity contribution < 1.29 is 9.18 Å². The van der Waals surface area contributed by atoms with E-state index in [0.29, 0.717) is 12.1 Å². The summed E-state index contributed by atoms with van der Waals surface area (Å²) in [5, 5.41) is 3.51. The maximum atomic E-state index is 14.1. The largest absolute Gasteiger partial charge is 0.325 e. The number of thioether (sulfide) groups is 2. The zero-order valence-electron chi connectivity index (χ0n) is 13.1. The molecule has 1 aliphatic rings. The number of hydrogen-bond acceptors (Lipinski definition) is 6. The quantitative estimate of drug-likeness (QED) is 0.493. The number of hydrogen-bond donors (Lipinski definition) is 0. The van der Waals surface area contributed by atoms with Gasteiger partial charge >= 0.3 is 0 Å². The van der Waals surface area contributed by atoms with Gasteiger partial charge in [0.05, 0.1) is 5.75 Å². The fourth-order valence-electron chi connectivity index (χ4n) is 2.75. The lowest BCUT2D eigenvalue weighted by molar-refractivity contribution is -0.128. The molecule has 0 saturated carbocycles. The molecule has 0 N–H and O–H groups in total. The number of amides is 1. The van der Waals surface area contributed by atoms with E-state index < -0.39 is 0 Å². The van der Waals surface area contributed by atoms with Gasteiger partial charge < -0.3 is 4.90 Å². The maximum absolute atomic E-state index is 14.1.